The first kappa shape index (κ1) is 17.8. The summed E-state index contributed by atoms with van der Waals surface area (Å²) in [6.45, 7) is 2.64. The third-order valence-electron chi connectivity index (χ3n) is 2.92. The number of nitrogens with one attached hydrogen (secondary N) is 2. The molecule has 7 heteroatoms. The maximum Gasteiger partial charge on any atom is 0.171 e. The molecule has 0 aliphatic carbocycles. The number of halogens is 1. The number of hydrogen-bond acceptors (Lipinski definition) is 4. The summed E-state index contributed by atoms with van der Waals surface area (Å²) in [7, 11) is 4.78. The molecule has 1 unspecified atom stereocenters. The Morgan fingerprint density at radius 3 is 2.43 bits per heavy atom. The van der Waals surface area contributed by atoms with Gasteiger partial charge in [-0.05, 0) is 18.6 Å². The zero-order chi connectivity index (χ0) is 15.8. The molecule has 0 radical (unpaired) electrons. The van der Waals surface area contributed by atoms with E-state index in [1.807, 2.05) is 0 Å². The lowest BCUT2D eigenvalue weighted by atomic mass is 10.2. The number of methoxy groups -OCH3 is 3. The van der Waals surface area contributed by atoms with Crippen LogP contribution in [0.5, 0.6) is 11.5 Å². The molecule has 0 saturated carbocycles. The maximum atomic E-state index is 6.07. The van der Waals surface area contributed by atoms with Gasteiger partial charge in [-0.1, -0.05) is 18.5 Å². The van der Waals surface area contributed by atoms with Gasteiger partial charge in [0.1, 0.15) is 11.5 Å². The lowest BCUT2D eigenvalue weighted by Crippen LogP contribution is -2.40. The molecule has 0 aliphatic heterocycles. The molecule has 118 valence electrons. The highest BCUT2D eigenvalue weighted by atomic mass is 35.5. The van der Waals surface area contributed by atoms with E-state index in [1.54, 1.807) is 33.5 Å². The standard InChI is InChI=1S/C14H21ClN2O3S/c1-5-9(8-18-2)16-14(21)17-11-7-12(19-3)10(15)6-13(11)20-4/h6-7,9H,5,8H2,1-4H3,(H2,16,17,21). The Labute approximate surface area is 135 Å². The van der Waals surface area contributed by atoms with Crippen molar-refractivity contribution in [3.63, 3.8) is 0 Å². The van der Waals surface area contributed by atoms with E-state index in [0.717, 1.165) is 6.42 Å². The Morgan fingerprint density at radius 1 is 1.24 bits per heavy atom. The van der Waals surface area contributed by atoms with Gasteiger partial charge >= 0.3 is 0 Å². The van der Waals surface area contributed by atoms with Crippen molar-refractivity contribution in [3.05, 3.63) is 17.2 Å². The fraction of sp³-hybridized carbons (Fsp3) is 0.500. The summed E-state index contributed by atoms with van der Waals surface area (Å²) in [5.74, 6) is 1.14. The van der Waals surface area contributed by atoms with Crippen LogP contribution in [0.4, 0.5) is 5.69 Å². The molecule has 0 amide bonds. The van der Waals surface area contributed by atoms with Gasteiger partial charge in [0.25, 0.3) is 0 Å². The summed E-state index contributed by atoms with van der Waals surface area (Å²) in [6, 6.07) is 3.57. The first-order valence-electron chi connectivity index (χ1n) is 6.53. The number of anilines is 1. The largest absolute Gasteiger partial charge is 0.495 e. The van der Waals surface area contributed by atoms with E-state index < -0.39 is 0 Å². The van der Waals surface area contributed by atoms with E-state index in [0.29, 0.717) is 33.9 Å². The van der Waals surface area contributed by atoms with Crippen LogP contribution in [-0.4, -0.2) is 39.1 Å². The summed E-state index contributed by atoms with van der Waals surface area (Å²) < 4.78 is 15.6. The topological polar surface area (TPSA) is 51.8 Å². The van der Waals surface area contributed by atoms with Crippen molar-refractivity contribution >= 4 is 34.6 Å². The first-order valence-corrected chi connectivity index (χ1v) is 7.32. The van der Waals surface area contributed by atoms with Gasteiger partial charge in [0.2, 0.25) is 0 Å². The van der Waals surface area contributed by atoms with E-state index in [1.165, 1.54) is 0 Å². The van der Waals surface area contributed by atoms with E-state index in [9.17, 15) is 0 Å². The zero-order valence-corrected chi connectivity index (χ0v) is 14.2. The predicted octanol–water partition coefficient (Wildman–Crippen LogP) is 3.07. The minimum Gasteiger partial charge on any atom is -0.495 e. The maximum absolute atomic E-state index is 6.07. The van der Waals surface area contributed by atoms with Crippen LogP contribution in [0, 0.1) is 0 Å². The highest BCUT2D eigenvalue weighted by molar-refractivity contribution is 7.80. The molecule has 0 spiro atoms. The average Bonchev–Trinajstić information content (AvgIpc) is 2.47. The van der Waals surface area contributed by atoms with Gasteiger partial charge < -0.3 is 24.8 Å². The van der Waals surface area contributed by atoms with Crippen LogP contribution in [0.1, 0.15) is 13.3 Å². The summed E-state index contributed by atoms with van der Waals surface area (Å²) in [6.07, 6.45) is 0.900. The smallest absolute Gasteiger partial charge is 0.171 e. The molecule has 0 fully saturated rings. The number of rotatable bonds is 7. The average molecular weight is 333 g/mol. The molecule has 0 aliphatic rings. The quantitative estimate of drug-likeness (QED) is 0.748. The van der Waals surface area contributed by atoms with Crippen LogP contribution in [0.15, 0.2) is 12.1 Å². The van der Waals surface area contributed by atoms with Gasteiger partial charge in [-0.3, -0.25) is 0 Å². The van der Waals surface area contributed by atoms with Crippen LogP contribution in [0.3, 0.4) is 0 Å². The number of hydrogen-bond donors (Lipinski definition) is 2. The van der Waals surface area contributed by atoms with Gasteiger partial charge in [0.15, 0.2) is 5.11 Å². The van der Waals surface area contributed by atoms with E-state index in [2.05, 4.69) is 17.6 Å². The monoisotopic (exact) mass is 332 g/mol. The van der Waals surface area contributed by atoms with Gasteiger partial charge in [-0.25, -0.2) is 0 Å². The van der Waals surface area contributed by atoms with Crippen LogP contribution in [0.25, 0.3) is 0 Å². The van der Waals surface area contributed by atoms with Gasteiger partial charge in [0, 0.05) is 19.2 Å². The molecular weight excluding hydrogens is 312 g/mol. The molecule has 5 nitrogen and oxygen atoms in total. The van der Waals surface area contributed by atoms with Crippen molar-refractivity contribution in [1.29, 1.82) is 0 Å². The van der Waals surface area contributed by atoms with E-state index in [4.69, 9.17) is 38.0 Å². The number of benzene rings is 1. The Balaban J connectivity index is 2.83. The fourth-order valence-electron chi connectivity index (χ4n) is 1.76. The Hall–Kier alpha value is -1.24. The van der Waals surface area contributed by atoms with E-state index in [-0.39, 0.29) is 6.04 Å². The highest BCUT2D eigenvalue weighted by Gasteiger charge is 2.13. The van der Waals surface area contributed by atoms with Gasteiger partial charge in [-0.15, -0.1) is 0 Å². The first-order chi connectivity index (χ1) is 10.0. The summed E-state index contributed by atoms with van der Waals surface area (Å²) in [4.78, 5) is 0. The van der Waals surface area contributed by atoms with E-state index >= 15 is 0 Å². The Kier molecular flexibility index (Phi) is 7.56. The van der Waals surface area contributed by atoms with Crippen LogP contribution in [-0.2, 0) is 4.74 Å². The van der Waals surface area contributed by atoms with Crippen molar-refractivity contribution in [2.45, 2.75) is 19.4 Å². The molecule has 1 rings (SSSR count). The van der Waals surface area contributed by atoms with Crippen molar-refractivity contribution < 1.29 is 14.2 Å². The minimum atomic E-state index is 0.148. The summed E-state index contributed by atoms with van der Waals surface area (Å²) in [5.41, 5.74) is 0.684. The van der Waals surface area contributed by atoms with Crippen molar-refractivity contribution in [3.8, 4) is 11.5 Å². The van der Waals surface area contributed by atoms with Crippen LogP contribution < -0.4 is 20.1 Å². The zero-order valence-electron chi connectivity index (χ0n) is 12.7. The second kappa shape index (κ2) is 8.92. The molecule has 0 bridgehead atoms. The fourth-order valence-corrected chi connectivity index (χ4v) is 2.27. The molecule has 0 aromatic heterocycles. The third kappa shape index (κ3) is 5.22. The predicted molar refractivity (Wildman–Crippen MR) is 89.9 cm³/mol. The molecule has 21 heavy (non-hydrogen) atoms. The summed E-state index contributed by atoms with van der Waals surface area (Å²) in [5, 5.41) is 7.24. The second-order valence-electron chi connectivity index (χ2n) is 4.35. The minimum absolute atomic E-state index is 0.148. The molecule has 1 aromatic rings. The van der Waals surface area contributed by atoms with Crippen molar-refractivity contribution in [1.82, 2.24) is 5.32 Å². The molecule has 0 saturated heterocycles. The van der Waals surface area contributed by atoms with Gasteiger partial charge in [-0.2, -0.15) is 0 Å². The Morgan fingerprint density at radius 2 is 1.90 bits per heavy atom. The summed E-state index contributed by atoms with van der Waals surface area (Å²) >= 11 is 11.4. The lowest BCUT2D eigenvalue weighted by molar-refractivity contribution is 0.172. The SMILES string of the molecule is CCC(COC)NC(=S)Nc1cc(OC)c(Cl)cc1OC. The molecule has 1 atom stereocenters. The third-order valence-corrected chi connectivity index (χ3v) is 3.43. The normalized spacial score (nSPS) is 11.7. The molecule has 2 N–H and O–H groups in total. The van der Waals surface area contributed by atoms with Crippen LogP contribution in [0.2, 0.25) is 5.02 Å². The molecular formula is C14H21ClN2O3S. The van der Waals surface area contributed by atoms with Crippen molar-refractivity contribution in [2.24, 2.45) is 0 Å². The number of thiocarbonyl (C=S) groups is 1. The lowest BCUT2D eigenvalue weighted by Gasteiger charge is -2.20. The van der Waals surface area contributed by atoms with Gasteiger partial charge in [0.05, 0.1) is 37.6 Å². The molecule has 0 heterocycles. The van der Waals surface area contributed by atoms with Crippen molar-refractivity contribution in [2.75, 3.05) is 33.3 Å². The van der Waals surface area contributed by atoms with Crippen LogP contribution >= 0.6 is 23.8 Å². The highest BCUT2D eigenvalue weighted by Crippen LogP contribution is 2.35. The second-order valence-corrected chi connectivity index (χ2v) is 5.16. The molecule has 1 aromatic carbocycles. The Bertz CT molecular complexity index is 486. The number of ether oxygens (including phenoxy) is 3.